The van der Waals surface area contributed by atoms with Crippen LogP contribution in [0, 0.1) is 0 Å². The SMILES string of the molecule is O=C(Nc1nc(-c2ccc(Cl)s2)cs1)c1cc(-c2cccs2)nc2ccccc12. The molecule has 1 N–H and O–H groups in total. The fourth-order valence-corrected chi connectivity index (χ4v) is 5.44. The van der Waals surface area contributed by atoms with Crippen LogP contribution in [0.15, 0.2) is 65.4 Å². The zero-order valence-corrected chi connectivity index (χ0v) is 18.0. The summed E-state index contributed by atoms with van der Waals surface area (Å²) in [5, 5.41) is 8.21. The number of pyridine rings is 1. The van der Waals surface area contributed by atoms with Gasteiger partial charge in [0, 0.05) is 10.8 Å². The highest BCUT2D eigenvalue weighted by atomic mass is 35.5. The van der Waals surface area contributed by atoms with E-state index in [9.17, 15) is 4.79 Å². The second-order valence-electron chi connectivity index (χ2n) is 6.15. The molecule has 1 aromatic carbocycles. The van der Waals surface area contributed by atoms with Crippen LogP contribution in [0.4, 0.5) is 5.13 Å². The number of para-hydroxylation sites is 1. The van der Waals surface area contributed by atoms with E-state index in [-0.39, 0.29) is 5.91 Å². The van der Waals surface area contributed by atoms with Crippen molar-refractivity contribution in [2.24, 2.45) is 0 Å². The van der Waals surface area contributed by atoms with Crippen LogP contribution in [0.25, 0.3) is 32.0 Å². The fraction of sp³-hybridized carbons (Fsp3) is 0. The van der Waals surface area contributed by atoms with Gasteiger partial charge in [-0.1, -0.05) is 35.9 Å². The minimum absolute atomic E-state index is 0.202. The maximum atomic E-state index is 13.1. The van der Waals surface area contributed by atoms with E-state index in [0.717, 1.165) is 32.0 Å². The number of aromatic nitrogens is 2. The van der Waals surface area contributed by atoms with Gasteiger partial charge in [-0.3, -0.25) is 10.1 Å². The van der Waals surface area contributed by atoms with E-state index in [2.05, 4.69) is 10.3 Å². The Labute approximate surface area is 183 Å². The van der Waals surface area contributed by atoms with Gasteiger partial charge in [0.05, 0.1) is 36.6 Å². The first-order valence-electron chi connectivity index (χ1n) is 8.63. The maximum Gasteiger partial charge on any atom is 0.258 e. The fourth-order valence-electron chi connectivity index (χ4n) is 2.97. The second kappa shape index (κ2) is 7.68. The molecule has 0 aliphatic heterocycles. The number of benzene rings is 1. The Kier molecular flexibility index (Phi) is 4.89. The first kappa shape index (κ1) is 18.4. The monoisotopic (exact) mass is 453 g/mol. The Morgan fingerprint density at radius 2 is 1.83 bits per heavy atom. The lowest BCUT2D eigenvalue weighted by Gasteiger charge is -2.08. The summed E-state index contributed by atoms with van der Waals surface area (Å²) in [4.78, 5) is 24.4. The molecule has 142 valence electrons. The second-order valence-corrected chi connectivity index (χ2v) is 9.67. The van der Waals surface area contributed by atoms with E-state index in [1.54, 1.807) is 11.3 Å². The summed E-state index contributed by atoms with van der Waals surface area (Å²) in [5.41, 5.74) is 2.96. The summed E-state index contributed by atoms with van der Waals surface area (Å²) < 4.78 is 0.711. The zero-order valence-electron chi connectivity index (χ0n) is 14.8. The molecule has 0 saturated heterocycles. The minimum Gasteiger partial charge on any atom is -0.298 e. The van der Waals surface area contributed by atoms with Crippen molar-refractivity contribution in [3.05, 3.63) is 75.3 Å². The topological polar surface area (TPSA) is 54.9 Å². The van der Waals surface area contributed by atoms with Crippen LogP contribution in [0.2, 0.25) is 4.34 Å². The van der Waals surface area contributed by atoms with Crippen LogP contribution in [-0.4, -0.2) is 15.9 Å². The average molecular weight is 454 g/mol. The molecule has 4 nitrogen and oxygen atoms in total. The Hall–Kier alpha value is -2.58. The van der Waals surface area contributed by atoms with Gasteiger partial charge in [-0.15, -0.1) is 34.0 Å². The van der Waals surface area contributed by atoms with E-state index in [1.165, 1.54) is 22.7 Å². The summed E-state index contributed by atoms with van der Waals surface area (Å²) >= 11 is 10.5. The predicted octanol–water partition coefficient (Wildman–Crippen LogP) is 7.05. The Morgan fingerprint density at radius 3 is 2.62 bits per heavy atom. The molecule has 5 aromatic rings. The molecule has 0 fully saturated rings. The van der Waals surface area contributed by atoms with Crippen molar-refractivity contribution < 1.29 is 4.79 Å². The number of hydrogen-bond acceptors (Lipinski definition) is 6. The number of nitrogens with zero attached hydrogens (tertiary/aromatic N) is 2. The largest absolute Gasteiger partial charge is 0.298 e. The number of thiophene rings is 2. The van der Waals surface area contributed by atoms with E-state index >= 15 is 0 Å². The molecule has 4 aromatic heterocycles. The van der Waals surface area contributed by atoms with Crippen molar-refractivity contribution >= 4 is 67.6 Å². The van der Waals surface area contributed by atoms with Crippen molar-refractivity contribution in [2.45, 2.75) is 0 Å². The van der Waals surface area contributed by atoms with E-state index in [1.807, 2.05) is 65.4 Å². The van der Waals surface area contributed by atoms with Crippen molar-refractivity contribution in [3.63, 3.8) is 0 Å². The quantitative estimate of drug-likeness (QED) is 0.317. The lowest BCUT2D eigenvalue weighted by Crippen LogP contribution is -2.13. The average Bonchev–Trinajstić information content (AvgIpc) is 3.49. The standard InChI is InChI=1S/C21H12ClN3OS3/c22-19-8-7-18(29-19)16-11-28-21(24-16)25-20(26)13-10-15(17-6-3-9-27-17)23-14-5-2-1-4-12(13)14/h1-11H,(H,24,25,26). The molecule has 0 aliphatic rings. The van der Waals surface area contributed by atoms with Crippen LogP contribution in [0.3, 0.4) is 0 Å². The molecule has 29 heavy (non-hydrogen) atoms. The van der Waals surface area contributed by atoms with Gasteiger partial charge in [-0.2, -0.15) is 0 Å². The van der Waals surface area contributed by atoms with Gasteiger partial charge in [-0.05, 0) is 35.7 Å². The summed E-state index contributed by atoms with van der Waals surface area (Å²) in [6, 6.07) is 17.3. The third-order valence-corrected chi connectivity index (χ3v) is 7.19. The summed E-state index contributed by atoms with van der Waals surface area (Å²) in [7, 11) is 0. The van der Waals surface area contributed by atoms with Gasteiger partial charge in [0.15, 0.2) is 5.13 Å². The number of halogens is 1. The van der Waals surface area contributed by atoms with Gasteiger partial charge in [0.2, 0.25) is 0 Å². The van der Waals surface area contributed by atoms with Crippen molar-refractivity contribution in [2.75, 3.05) is 5.32 Å². The van der Waals surface area contributed by atoms with E-state index < -0.39 is 0 Å². The van der Waals surface area contributed by atoms with Crippen LogP contribution in [0.1, 0.15) is 10.4 Å². The van der Waals surface area contributed by atoms with E-state index in [0.29, 0.717) is 15.0 Å². The lowest BCUT2D eigenvalue weighted by molar-refractivity contribution is 0.102. The number of hydrogen-bond donors (Lipinski definition) is 1. The number of carbonyl (C=O) groups is 1. The Bertz CT molecular complexity index is 1320. The van der Waals surface area contributed by atoms with Crippen LogP contribution in [-0.2, 0) is 0 Å². The maximum absolute atomic E-state index is 13.1. The number of anilines is 1. The van der Waals surface area contributed by atoms with Gasteiger partial charge in [0.1, 0.15) is 0 Å². The molecule has 5 rings (SSSR count). The highest BCUT2D eigenvalue weighted by Gasteiger charge is 2.16. The summed E-state index contributed by atoms with van der Waals surface area (Å²) in [6.45, 7) is 0. The minimum atomic E-state index is -0.202. The number of rotatable bonds is 4. The molecule has 1 amide bonds. The number of fused-ring (bicyclic) bond motifs is 1. The number of thiazole rings is 1. The Balaban J connectivity index is 1.50. The third kappa shape index (κ3) is 3.70. The molecule has 0 bridgehead atoms. The summed E-state index contributed by atoms with van der Waals surface area (Å²) in [6.07, 6.45) is 0. The number of amides is 1. The predicted molar refractivity (Wildman–Crippen MR) is 123 cm³/mol. The molecule has 0 aliphatic carbocycles. The molecule has 0 unspecified atom stereocenters. The molecule has 8 heteroatoms. The third-order valence-electron chi connectivity index (χ3n) is 4.28. The van der Waals surface area contributed by atoms with Crippen LogP contribution in [0.5, 0.6) is 0 Å². The zero-order chi connectivity index (χ0) is 19.8. The highest BCUT2D eigenvalue weighted by Crippen LogP contribution is 2.33. The lowest BCUT2D eigenvalue weighted by atomic mass is 10.1. The smallest absolute Gasteiger partial charge is 0.258 e. The van der Waals surface area contributed by atoms with Crippen molar-refractivity contribution in [1.82, 2.24) is 9.97 Å². The highest BCUT2D eigenvalue weighted by molar-refractivity contribution is 7.20. The summed E-state index contributed by atoms with van der Waals surface area (Å²) in [5.74, 6) is -0.202. The molecular weight excluding hydrogens is 442 g/mol. The number of nitrogens with one attached hydrogen (secondary N) is 1. The van der Waals surface area contributed by atoms with Gasteiger partial charge < -0.3 is 0 Å². The Morgan fingerprint density at radius 1 is 0.931 bits per heavy atom. The normalized spacial score (nSPS) is 11.1. The molecule has 0 saturated carbocycles. The molecule has 0 radical (unpaired) electrons. The van der Waals surface area contributed by atoms with Crippen LogP contribution >= 0.6 is 45.6 Å². The number of carbonyl (C=O) groups excluding carboxylic acids is 1. The van der Waals surface area contributed by atoms with Crippen LogP contribution < -0.4 is 5.32 Å². The van der Waals surface area contributed by atoms with Crippen molar-refractivity contribution in [3.8, 4) is 21.1 Å². The molecule has 4 heterocycles. The van der Waals surface area contributed by atoms with Gasteiger partial charge >= 0.3 is 0 Å². The first-order valence-corrected chi connectivity index (χ1v) is 11.6. The van der Waals surface area contributed by atoms with Crippen molar-refractivity contribution in [1.29, 1.82) is 0 Å². The van der Waals surface area contributed by atoms with E-state index in [4.69, 9.17) is 16.6 Å². The van der Waals surface area contributed by atoms with Gasteiger partial charge in [-0.25, -0.2) is 9.97 Å². The molecular formula is C21H12ClN3OS3. The first-order chi connectivity index (χ1) is 14.2. The van der Waals surface area contributed by atoms with Gasteiger partial charge in [0.25, 0.3) is 5.91 Å². The molecule has 0 atom stereocenters. The molecule has 0 spiro atoms.